The molecule has 7 nitrogen and oxygen atoms in total. The molecule has 0 bridgehead atoms. The van der Waals surface area contributed by atoms with Crippen molar-refractivity contribution in [1.29, 1.82) is 0 Å². The van der Waals surface area contributed by atoms with Crippen molar-refractivity contribution in [2.24, 2.45) is 0 Å². The first-order valence-corrected chi connectivity index (χ1v) is 12.2. The van der Waals surface area contributed by atoms with Crippen LogP contribution in [0.1, 0.15) is 22.3 Å². The van der Waals surface area contributed by atoms with Gasteiger partial charge >= 0.3 is 0 Å². The molecule has 2 aromatic heterocycles. The lowest BCUT2D eigenvalue weighted by Gasteiger charge is -2.23. The molecule has 1 aliphatic rings. The highest BCUT2D eigenvalue weighted by molar-refractivity contribution is 7.92. The Kier molecular flexibility index (Phi) is 4.97. The van der Waals surface area contributed by atoms with Crippen molar-refractivity contribution in [3.8, 4) is 22.8 Å². The van der Waals surface area contributed by atoms with E-state index < -0.39 is 10.0 Å². The molecule has 0 spiro atoms. The maximum atomic E-state index is 13.5. The van der Waals surface area contributed by atoms with Crippen LogP contribution < -0.4 is 4.31 Å². The molecule has 8 heteroatoms. The second kappa shape index (κ2) is 7.74. The zero-order valence-corrected chi connectivity index (χ0v) is 19.5. The van der Waals surface area contributed by atoms with Gasteiger partial charge in [-0.3, -0.25) is 0 Å². The summed E-state index contributed by atoms with van der Waals surface area (Å²) in [5, 5.41) is 15.9. The Morgan fingerprint density at radius 1 is 0.970 bits per heavy atom. The summed E-state index contributed by atoms with van der Waals surface area (Å²) in [7, 11) is -3.84. The van der Waals surface area contributed by atoms with Gasteiger partial charge in [0, 0.05) is 23.9 Å². The van der Waals surface area contributed by atoms with Gasteiger partial charge in [0.15, 0.2) is 5.82 Å². The molecule has 2 aromatic carbocycles. The van der Waals surface area contributed by atoms with Crippen molar-refractivity contribution in [3.05, 3.63) is 83.0 Å². The summed E-state index contributed by atoms with van der Waals surface area (Å²) >= 11 is 0. The molecule has 168 valence electrons. The van der Waals surface area contributed by atoms with Gasteiger partial charge in [-0.1, -0.05) is 29.8 Å². The van der Waals surface area contributed by atoms with Gasteiger partial charge in [0.25, 0.3) is 10.0 Å². The molecule has 33 heavy (non-hydrogen) atoms. The zero-order chi connectivity index (χ0) is 23.3. The molecule has 0 atom stereocenters. The van der Waals surface area contributed by atoms with Crippen LogP contribution in [-0.4, -0.2) is 34.8 Å². The second-order valence-corrected chi connectivity index (χ2v) is 10.2. The lowest BCUT2D eigenvalue weighted by atomic mass is 10.1. The fourth-order valence-corrected chi connectivity index (χ4v) is 5.63. The van der Waals surface area contributed by atoms with E-state index in [4.69, 9.17) is 5.10 Å². The molecule has 4 aromatic rings. The van der Waals surface area contributed by atoms with Crippen LogP contribution in [0.2, 0.25) is 0 Å². The van der Waals surface area contributed by atoms with E-state index in [9.17, 15) is 13.5 Å². The van der Waals surface area contributed by atoms with E-state index in [0.717, 1.165) is 22.4 Å². The zero-order valence-electron chi connectivity index (χ0n) is 18.6. The number of pyridine rings is 1. The predicted molar refractivity (Wildman–Crippen MR) is 127 cm³/mol. The lowest BCUT2D eigenvalue weighted by molar-refractivity contribution is 0.427. The van der Waals surface area contributed by atoms with Crippen LogP contribution in [-0.2, 0) is 16.4 Å². The van der Waals surface area contributed by atoms with E-state index in [1.165, 1.54) is 8.99 Å². The van der Waals surface area contributed by atoms with Crippen molar-refractivity contribution < 1.29 is 13.5 Å². The largest absolute Gasteiger partial charge is 0.493 e. The third kappa shape index (κ3) is 3.38. The highest BCUT2D eigenvalue weighted by atomic mass is 32.2. The number of sulfonamides is 1. The Morgan fingerprint density at radius 3 is 2.48 bits per heavy atom. The van der Waals surface area contributed by atoms with Crippen LogP contribution in [0.4, 0.5) is 5.82 Å². The standard InChI is InChI=1S/C25H24N4O3S/c1-16-9-11-19(12-10-16)33(31,32)28-15-13-21-23(20-7-5-14-26-24(20)28)27-29(25(21)30)22-8-4-6-17(2)18(22)3/h4-12,14,30H,13,15H2,1-3H3. The van der Waals surface area contributed by atoms with Gasteiger partial charge in [-0.15, -0.1) is 0 Å². The second-order valence-electron chi connectivity index (χ2n) is 8.30. The Morgan fingerprint density at radius 2 is 1.73 bits per heavy atom. The van der Waals surface area contributed by atoms with Gasteiger partial charge in [-0.25, -0.2) is 22.4 Å². The third-order valence-electron chi connectivity index (χ3n) is 6.21. The molecule has 0 aliphatic carbocycles. The van der Waals surface area contributed by atoms with Crippen molar-refractivity contribution in [2.45, 2.75) is 32.1 Å². The van der Waals surface area contributed by atoms with Crippen LogP contribution >= 0.6 is 0 Å². The minimum Gasteiger partial charge on any atom is -0.493 e. The van der Waals surface area contributed by atoms with Crippen LogP contribution in [0.15, 0.2) is 65.7 Å². The van der Waals surface area contributed by atoms with Gasteiger partial charge in [0.1, 0.15) is 5.69 Å². The number of anilines is 1. The van der Waals surface area contributed by atoms with Crippen molar-refractivity contribution in [1.82, 2.24) is 14.8 Å². The number of aromatic nitrogens is 3. The predicted octanol–water partition coefficient (Wildman–Crippen LogP) is 4.32. The van der Waals surface area contributed by atoms with E-state index in [0.29, 0.717) is 29.1 Å². The van der Waals surface area contributed by atoms with Gasteiger partial charge in [0.05, 0.1) is 10.6 Å². The van der Waals surface area contributed by atoms with Crippen LogP contribution in [0.3, 0.4) is 0 Å². The molecular formula is C25H24N4O3S. The molecule has 0 unspecified atom stereocenters. The summed E-state index contributed by atoms with van der Waals surface area (Å²) in [6.45, 7) is 6.05. The van der Waals surface area contributed by atoms with Crippen molar-refractivity contribution in [2.75, 3.05) is 10.8 Å². The Bertz CT molecular complexity index is 1470. The summed E-state index contributed by atoms with van der Waals surface area (Å²) in [5.74, 6) is 0.325. The fraction of sp³-hybridized carbons (Fsp3) is 0.200. The Hall–Kier alpha value is -3.65. The summed E-state index contributed by atoms with van der Waals surface area (Å²) in [5.41, 5.74) is 5.59. The number of benzene rings is 2. The van der Waals surface area contributed by atoms with E-state index in [1.54, 1.807) is 42.6 Å². The molecule has 0 saturated carbocycles. The molecule has 1 N–H and O–H groups in total. The number of rotatable bonds is 3. The molecule has 1 aliphatic heterocycles. The number of aromatic hydroxyl groups is 1. The number of fused-ring (bicyclic) bond motifs is 3. The van der Waals surface area contributed by atoms with Crippen molar-refractivity contribution >= 4 is 15.8 Å². The van der Waals surface area contributed by atoms with Crippen LogP contribution in [0.5, 0.6) is 5.88 Å². The first-order chi connectivity index (χ1) is 15.8. The summed E-state index contributed by atoms with van der Waals surface area (Å²) in [6.07, 6.45) is 1.87. The molecule has 0 amide bonds. The molecule has 3 heterocycles. The Balaban J connectivity index is 1.67. The monoisotopic (exact) mass is 460 g/mol. The maximum Gasteiger partial charge on any atom is 0.265 e. The summed E-state index contributed by atoms with van der Waals surface area (Å²) in [6, 6.07) is 16.2. The molecule has 0 fully saturated rings. The lowest BCUT2D eigenvalue weighted by Crippen LogP contribution is -2.33. The number of hydrogen-bond acceptors (Lipinski definition) is 5. The smallest absolute Gasteiger partial charge is 0.265 e. The van der Waals surface area contributed by atoms with Crippen LogP contribution in [0, 0.1) is 20.8 Å². The molecule has 5 rings (SSSR count). The first kappa shape index (κ1) is 21.2. The minimum atomic E-state index is -3.84. The van der Waals surface area contributed by atoms with E-state index in [-0.39, 0.29) is 17.3 Å². The van der Waals surface area contributed by atoms with Crippen LogP contribution in [0.25, 0.3) is 16.9 Å². The average molecular weight is 461 g/mol. The summed E-state index contributed by atoms with van der Waals surface area (Å²) < 4.78 is 29.9. The highest BCUT2D eigenvalue weighted by Gasteiger charge is 2.34. The molecular weight excluding hydrogens is 436 g/mol. The number of hydrogen-bond donors (Lipinski definition) is 1. The number of nitrogens with zero attached hydrogens (tertiary/aromatic N) is 4. The van der Waals surface area contributed by atoms with Gasteiger partial charge in [0.2, 0.25) is 5.88 Å². The van der Waals surface area contributed by atoms with Gasteiger partial charge < -0.3 is 5.11 Å². The SMILES string of the molecule is Cc1ccc(S(=O)(=O)N2CCc3c(nn(-c4cccc(C)c4C)c3O)-c3cccnc32)cc1. The topological polar surface area (TPSA) is 88.3 Å². The van der Waals surface area contributed by atoms with Crippen molar-refractivity contribution in [3.63, 3.8) is 0 Å². The molecule has 0 radical (unpaired) electrons. The quantitative estimate of drug-likeness (QED) is 0.492. The summed E-state index contributed by atoms with van der Waals surface area (Å²) in [4.78, 5) is 4.63. The van der Waals surface area contributed by atoms with E-state index in [2.05, 4.69) is 4.98 Å². The first-order valence-electron chi connectivity index (χ1n) is 10.7. The normalized spacial score (nSPS) is 13.4. The average Bonchev–Trinajstić information content (AvgIpc) is 3.02. The van der Waals surface area contributed by atoms with E-state index >= 15 is 0 Å². The highest BCUT2D eigenvalue weighted by Crippen LogP contribution is 2.41. The van der Waals surface area contributed by atoms with E-state index in [1.807, 2.05) is 39.0 Å². The minimum absolute atomic E-state index is 0.0167. The molecule has 0 saturated heterocycles. The maximum absolute atomic E-state index is 13.5. The number of aryl methyl sites for hydroxylation is 2. The third-order valence-corrected chi connectivity index (χ3v) is 8.02. The Labute approximate surface area is 193 Å². The van der Waals surface area contributed by atoms with Gasteiger partial charge in [-0.2, -0.15) is 5.10 Å². The fourth-order valence-electron chi connectivity index (χ4n) is 4.19. The van der Waals surface area contributed by atoms with Gasteiger partial charge in [-0.05, 0) is 68.7 Å².